The number of aryl methyl sites for hydroxylation is 1. The van der Waals surface area contributed by atoms with Gasteiger partial charge in [0, 0.05) is 38.1 Å². The minimum absolute atomic E-state index is 0.136. The number of nitrogens with zero attached hydrogens (tertiary/aromatic N) is 3. The number of hydrogen-bond donors (Lipinski definition) is 2. The summed E-state index contributed by atoms with van der Waals surface area (Å²) in [6.45, 7) is 1.37. The molecule has 7 heteroatoms. The lowest BCUT2D eigenvalue weighted by Crippen LogP contribution is -2.17. The predicted octanol–water partition coefficient (Wildman–Crippen LogP) is 0.907. The van der Waals surface area contributed by atoms with Crippen molar-refractivity contribution in [3.05, 3.63) is 34.0 Å². The monoisotopic (exact) mass is 266 g/mol. The molecule has 2 N–H and O–H groups in total. The lowest BCUT2D eigenvalue weighted by molar-refractivity contribution is 0.0696. The number of aromatic carboxylic acids is 1. The third-order valence-electron chi connectivity index (χ3n) is 2.37. The molecule has 0 atom stereocenters. The van der Waals surface area contributed by atoms with E-state index in [1.807, 2.05) is 19.3 Å². The first kappa shape index (κ1) is 12.7. The highest BCUT2D eigenvalue weighted by Crippen LogP contribution is 2.09. The van der Waals surface area contributed by atoms with Gasteiger partial charge in [-0.15, -0.1) is 11.3 Å². The van der Waals surface area contributed by atoms with Crippen molar-refractivity contribution in [2.45, 2.75) is 13.0 Å². The number of hydrogen-bond acceptors (Lipinski definition) is 5. The lowest BCUT2D eigenvalue weighted by Gasteiger charge is -2.00. The van der Waals surface area contributed by atoms with Crippen molar-refractivity contribution in [1.29, 1.82) is 0 Å². The smallest absolute Gasteiger partial charge is 0.365 e. The number of thiazole rings is 1. The molecule has 0 saturated heterocycles. The van der Waals surface area contributed by atoms with E-state index in [9.17, 15) is 4.79 Å². The van der Waals surface area contributed by atoms with Gasteiger partial charge in [-0.25, -0.2) is 9.78 Å². The van der Waals surface area contributed by atoms with Gasteiger partial charge in [-0.1, -0.05) is 0 Å². The van der Waals surface area contributed by atoms with Crippen LogP contribution in [0.2, 0.25) is 0 Å². The Bertz CT molecular complexity index is 535. The Morgan fingerprint density at radius 3 is 3.00 bits per heavy atom. The quantitative estimate of drug-likeness (QED) is 0.760. The second-order valence-electron chi connectivity index (χ2n) is 3.86. The minimum atomic E-state index is -0.972. The third-order valence-corrected chi connectivity index (χ3v) is 3.25. The maximum Gasteiger partial charge on any atom is 0.365 e. The van der Waals surface area contributed by atoms with Gasteiger partial charge in [0.05, 0.1) is 11.4 Å². The topological polar surface area (TPSA) is 80.0 Å². The van der Waals surface area contributed by atoms with Crippen LogP contribution in [0.3, 0.4) is 0 Å². The van der Waals surface area contributed by atoms with Gasteiger partial charge in [0.15, 0.2) is 0 Å². The Morgan fingerprint density at radius 1 is 1.56 bits per heavy atom. The summed E-state index contributed by atoms with van der Waals surface area (Å²) in [4.78, 5) is 14.6. The molecule has 0 aliphatic carbocycles. The van der Waals surface area contributed by atoms with Crippen LogP contribution >= 0.6 is 11.3 Å². The molecule has 0 saturated carbocycles. The fourth-order valence-corrected chi connectivity index (χ4v) is 2.17. The molecule has 2 aromatic rings. The zero-order valence-electron chi connectivity index (χ0n) is 9.96. The van der Waals surface area contributed by atoms with E-state index in [0.717, 1.165) is 35.7 Å². The van der Waals surface area contributed by atoms with Crippen molar-refractivity contribution in [2.75, 3.05) is 6.54 Å². The van der Waals surface area contributed by atoms with E-state index in [-0.39, 0.29) is 5.01 Å². The molecule has 0 aliphatic heterocycles. The van der Waals surface area contributed by atoms with Crippen molar-refractivity contribution < 1.29 is 9.90 Å². The first-order chi connectivity index (χ1) is 8.65. The molecule has 18 heavy (non-hydrogen) atoms. The highest BCUT2D eigenvalue weighted by molar-refractivity contribution is 7.11. The van der Waals surface area contributed by atoms with Crippen molar-refractivity contribution in [1.82, 2.24) is 20.1 Å². The number of rotatable bonds is 6. The first-order valence-electron chi connectivity index (χ1n) is 5.52. The standard InChI is InChI=1S/C11H14N4O2S/c1-15-5-3-8(14-15)2-4-12-6-9-7-18-10(13-9)11(16)17/h3,5,7,12H,2,4,6H2,1H3,(H,16,17). The van der Waals surface area contributed by atoms with Gasteiger partial charge in [0.2, 0.25) is 5.01 Å². The molecule has 0 aliphatic rings. The molecular formula is C11H14N4O2S. The molecule has 0 unspecified atom stereocenters. The van der Waals surface area contributed by atoms with E-state index in [1.54, 1.807) is 10.1 Å². The van der Waals surface area contributed by atoms with Gasteiger partial charge >= 0.3 is 5.97 Å². The molecule has 0 radical (unpaired) electrons. The van der Waals surface area contributed by atoms with Crippen LogP contribution in [0.1, 0.15) is 21.2 Å². The summed E-state index contributed by atoms with van der Waals surface area (Å²) in [5.74, 6) is -0.972. The minimum Gasteiger partial charge on any atom is -0.476 e. The summed E-state index contributed by atoms with van der Waals surface area (Å²) in [5, 5.41) is 18.1. The molecule has 2 heterocycles. The summed E-state index contributed by atoms with van der Waals surface area (Å²) < 4.78 is 1.77. The fourth-order valence-electron chi connectivity index (χ4n) is 1.52. The predicted molar refractivity (Wildman–Crippen MR) is 67.7 cm³/mol. The molecule has 2 aromatic heterocycles. The summed E-state index contributed by atoms with van der Waals surface area (Å²) >= 11 is 1.15. The molecule has 2 rings (SSSR count). The zero-order valence-corrected chi connectivity index (χ0v) is 10.8. The summed E-state index contributed by atoms with van der Waals surface area (Å²) in [6.07, 6.45) is 2.76. The maximum atomic E-state index is 10.6. The number of nitrogens with one attached hydrogen (secondary N) is 1. The van der Waals surface area contributed by atoms with Gasteiger partial charge in [0.1, 0.15) is 0 Å². The largest absolute Gasteiger partial charge is 0.476 e. The fraction of sp³-hybridized carbons (Fsp3) is 0.364. The van der Waals surface area contributed by atoms with Gasteiger partial charge in [0.25, 0.3) is 0 Å². The van der Waals surface area contributed by atoms with Crippen LogP contribution in [0, 0.1) is 0 Å². The van der Waals surface area contributed by atoms with Crippen molar-refractivity contribution in [3.8, 4) is 0 Å². The molecule has 0 fully saturated rings. The Hall–Kier alpha value is -1.73. The van der Waals surface area contributed by atoms with Crippen molar-refractivity contribution in [2.24, 2.45) is 7.05 Å². The molecule has 0 spiro atoms. The molecule has 0 bridgehead atoms. The van der Waals surface area contributed by atoms with E-state index in [2.05, 4.69) is 15.4 Å². The van der Waals surface area contributed by atoms with Crippen LogP contribution in [0.5, 0.6) is 0 Å². The average Bonchev–Trinajstić information content (AvgIpc) is 2.93. The van der Waals surface area contributed by atoms with E-state index in [1.165, 1.54) is 0 Å². The number of carboxylic acid groups (broad SMARTS) is 1. The molecule has 6 nitrogen and oxygen atoms in total. The normalized spacial score (nSPS) is 10.7. The Labute approximate surface area is 108 Å². The third kappa shape index (κ3) is 3.38. The number of carboxylic acids is 1. The number of carbonyl (C=O) groups is 1. The molecule has 0 amide bonds. The van der Waals surface area contributed by atoms with Gasteiger partial charge < -0.3 is 10.4 Å². The van der Waals surface area contributed by atoms with E-state index in [4.69, 9.17) is 5.11 Å². The molecular weight excluding hydrogens is 252 g/mol. The van der Waals surface area contributed by atoms with Crippen LogP contribution in [-0.4, -0.2) is 32.4 Å². The van der Waals surface area contributed by atoms with E-state index >= 15 is 0 Å². The first-order valence-corrected chi connectivity index (χ1v) is 6.40. The summed E-state index contributed by atoms with van der Waals surface area (Å²) in [7, 11) is 1.89. The average molecular weight is 266 g/mol. The van der Waals surface area contributed by atoms with E-state index in [0.29, 0.717) is 6.54 Å². The van der Waals surface area contributed by atoms with Crippen LogP contribution < -0.4 is 5.32 Å². The second-order valence-corrected chi connectivity index (χ2v) is 4.71. The molecule has 96 valence electrons. The summed E-state index contributed by atoms with van der Waals surface area (Å²) in [5.41, 5.74) is 1.80. The molecule has 0 aromatic carbocycles. The zero-order chi connectivity index (χ0) is 13.0. The van der Waals surface area contributed by atoms with Gasteiger partial charge in [-0.2, -0.15) is 5.10 Å². The van der Waals surface area contributed by atoms with Crippen LogP contribution in [0.15, 0.2) is 17.6 Å². The van der Waals surface area contributed by atoms with E-state index < -0.39 is 5.97 Å². The Kier molecular flexibility index (Phi) is 4.06. The Morgan fingerprint density at radius 2 is 2.39 bits per heavy atom. The highest BCUT2D eigenvalue weighted by atomic mass is 32.1. The second kappa shape index (κ2) is 5.74. The van der Waals surface area contributed by atoms with Crippen molar-refractivity contribution >= 4 is 17.3 Å². The van der Waals surface area contributed by atoms with Crippen molar-refractivity contribution in [3.63, 3.8) is 0 Å². The highest BCUT2D eigenvalue weighted by Gasteiger charge is 2.08. The number of aromatic nitrogens is 3. The SMILES string of the molecule is Cn1ccc(CCNCc2csc(C(=O)O)n2)n1. The van der Waals surface area contributed by atoms with Crippen LogP contribution in [0.25, 0.3) is 0 Å². The van der Waals surface area contributed by atoms with Gasteiger partial charge in [-0.05, 0) is 6.07 Å². The Balaban J connectivity index is 1.73. The summed E-state index contributed by atoms with van der Waals surface area (Å²) in [6, 6.07) is 1.98. The van der Waals surface area contributed by atoms with Crippen LogP contribution in [0.4, 0.5) is 0 Å². The van der Waals surface area contributed by atoms with Gasteiger partial charge in [-0.3, -0.25) is 4.68 Å². The lowest BCUT2D eigenvalue weighted by atomic mass is 10.3. The van der Waals surface area contributed by atoms with Crippen LogP contribution in [-0.2, 0) is 20.0 Å². The maximum absolute atomic E-state index is 10.6.